The lowest BCUT2D eigenvalue weighted by Crippen LogP contribution is -2.57. The highest BCUT2D eigenvalue weighted by molar-refractivity contribution is 6.31. The number of aromatic amines is 1. The molecule has 2 saturated heterocycles. The number of allylic oxidation sites excluding steroid dienone is 1. The number of aliphatic hydroxyl groups excluding tert-OH is 3. The maximum atomic E-state index is 14.0. The van der Waals surface area contributed by atoms with Crippen LogP contribution in [0.3, 0.4) is 0 Å². The highest BCUT2D eigenvalue weighted by atomic mass is 35.5. The molecule has 139 heavy (non-hydrogen) atoms. The van der Waals surface area contributed by atoms with Crippen LogP contribution in [0.2, 0.25) is 5.02 Å². The number of amides is 24. The van der Waals surface area contributed by atoms with Crippen LogP contribution >= 0.6 is 11.6 Å². The van der Waals surface area contributed by atoms with Crippen LogP contribution in [0, 0.1) is 11.8 Å². The van der Waals surface area contributed by atoms with E-state index < -0.39 is 312 Å². The van der Waals surface area contributed by atoms with Gasteiger partial charge in [-0.15, -0.1) is 0 Å². The Morgan fingerprint density at radius 3 is 1.57 bits per heavy atom. The molecule has 0 spiro atoms. The van der Waals surface area contributed by atoms with Crippen molar-refractivity contribution in [1.29, 1.82) is 0 Å². The number of rotatable bonds is 54. The Balaban J connectivity index is 0.988. The molecule has 1 aromatic heterocycles. The van der Waals surface area contributed by atoms with E-state index >= 15 is 0 Å². The summed E-state index contributed by atoms with van der Waals surface area (Å²) in [4.78, 5) is 317. The Bertz CT molecular complexity index is 5110. The maximum absolute atomic E-state index is 14.0. The number of carbonyl (C=O) groups excluding carboxylic acids is 24. The molecule has 0 aliphatic carbocycles. The fourth-order valence-electron chi connectivity index (χ4n) is 13.2. The molecular formula is C85H119ClN26O27. The normalized spacial score (nSPS) is 15.9. The number of hydrogen-bond acceptors (Lipinski definition) is 28. The van der Waals surface area contributed by atoms with Crippen molar-refractivity contribution in [2.45, 2.75) is 160 Å². The van der Waals surface area contributed by atoms with E-state index in [0.717, 1.165) is 18.0 Å². The monoisotopic (exact) mass is 1970 g/mol. The summed E-state index contributed by atoms with van der Waals surface area (Å²) in [6, 6.07) is 0.637. The number of primary amides is 1. The van der Waals surface area contributed by atoms with Crippen molar-refractivity contribution < 1.29 is 130 Å². The molecule has 2 aromatic carbocycles. The van der Waals surface area contributed by atoms with E-state index in [0.29, 0.717) is 38.4 Å². The van der Waals surface area contributed by atoms with Crippen molar-refractivity contribution in [3.63, 3.8) is 0 Å². The number of H-pyrrole nitrogens is 1. The number of carbonyl (C=O) groups is 24. The van der Waals surface area contributed by atoms with Gasteiger partial charge in [-0.3, -0.25) is 115 Å². The maximum Gasteiger partial charge on any atom is 0.267 e. The SMILES string of the molecule is C=CNC(=O)CNC(=O)C(Cc1ccccc1)NC(=O)C(C)NC(=O)CNC(=O)C(CC(N)=O)NC(=O)CNC(=O)CNC(=O)CNC(=O)CNC(=O)C1C(O)C(O)CN1C(=O)CNC(=O)C(NC(=O)CNC(=O)CNC(=O)C1CCCN1C(=O)CNC(=O)CNC(=O)C(CC(C)C)NC(=O)C(=C)NC(=O)C(Cc1c[nH]c2ccc(Cl)cc12)NC(=O)CNC(=O)C(=CC)NC(=O)C(N)C(C)C)C(C)O. The number of β-amino-alcohol motifs (C(OH)–C–C–N with tert-alkyl or cyclic N) is 1. The molecule has 3 heterocycles. The van der Waals surface area contributed by atoms with E-state index in [1.165, 1.54) is 19.9 Å². The standard InChI is InChI=1S/C85H119ClN26O27/c1-10-50(107-83(137)71(88)42(5)6)77(131)98-37-67(124)105-54(24-47-27-90-51-20-19-48(86)25-49(47)51)81(135)104-44(8)76(130)108-52(22-41(3)4)78(132)97-31-64(121)95-38-69(126)111-21-15-18-56(111)82(136)100-32-62(119)94-35-68(125)110-72(45(9)113)84(138)102-39-70(127)112-40-57(114)74(128)73(112)85(139)101-33-63(120)92-28-60(117)91-29-61(118)93-34-66(123)106-55(26-58(87)115)80(134)99-36-65(122)103-43(7)75(129)109-53(23-46-16-13-12-14-17-46)79(133)96-30-59(116)89-11-2/h10-14,16-17,19-20,25,27,41-43,45,52-57,71-74,90,113-114,128H,2,8,15,18,21-24,26,28-40,88H2,1,3-7,9H3,(H2,87,115)(H,89,116)(H,91,117)(H,92,120)(H,93,118)(H,94,119)(H,95,121)(H,96,133)(H,97,132)(H,98,131)(H,99,134)(H,100,136)(H,101,139)(H,102,138)(H,103,122)(H,104,135)(H,105,124)(H,106,123)(H,107,137)(H,108,130)(H,109,129)(H,110,125). The van der Waals surface area contributed by atoms with Gasteiger partial charge in [0.2, 0.25) is 130 Å². The number of aromatic nitrogens is 1. The van der Waals surface area contributed by atoms with Crippen LogP contribution in [-0.4, -0.2) is 336 Å². The number of nitrogens with one attached hydrogen (secondary N) is 22. The summed E-state index contributed by atoms with van der Waals surface area (Å²) in [6.45, 7) is 7.74. The van der Waals surface area contributed by atoms with E-state index in [9.17, 15) is 130 Å². The molecule has 12 atom stereocenters. The zero-order valence-electron chi connectivity index (χ0n) is 77.1. The number of nitrogens with zero attached hydrogens (tertiary/aromatic N) is 2. The van der Waals surface area contributed by atoms with E-state index in [-0.39, 0.29) is 49.8 Å². The molecule has 0 radical (unpaired) electrons. The van der Waals surface area contributed by atoms with Crippen molar-refractivity contribution in [1.82, 2.24) is 126 Å². The Hall–Kier alpha value is -15.4. The minimum Gasteiger partial charge on any atom is -0.391 e. The van der Waals surface area contributed by atoms with Crippen LogP contribution in [0.5, 0.6) is 0 Å². The van der Waals surface area contributed by atoms with Gasteiger partial charge in [0.25, 0.3) is 11.8 Å². The van der Waals surface area contributed by atoms with Gasteiger partial charge >= 0.3 is 0 Å². The fraction of sp³-hybridized carbons (Fsp3) is 0.482. The first-order valence-electron chi connectivity index (χ1n) is 43.5. The minimum absolute atomic E-state index is 0.00599. The molecular weight excluding hydrogens is 1850 g/mol. The summed E-state index contributed by atoms with van der Waals surface area (Å²) in [6.07, 6.45) is -1.99. The summed E-state index contributed by atoms with van der Waals surface area (Å²) in [7, 11) is 0. The van der Waals surface area contributed by atoms with Crippen LogP contribution in [0.25, 0.3) is 10.9 Å². The molecule has 2 aliphatic rings. The summed E-state index contributed by atoms with van der Waals surface area (Å²) >= 11 is 6.28. The summed E-state index contributed by atoms with van der Waals surface area (Å²) in [5, 5.41) is 80.6. The summed E-state index contributed by atoms with van der Waals surface area (Å²) in [5.74, 6) is -23.1. The molecule has 2 fully saturated rings. The molecule has 29 N–H and O–H groups in total. The third kappa shape index (κ3) is 39.1. The van der Waals surface area contributed by atoms with Gasteiger partial charge in [-0.05, 0) is 87.4 Å². The lowest BCUT2D eigenvalue weighted by atomic mass is 10.0. The summed E-state index contributed by atoms with van der Waals surface area (Å²) < 4.78 is 0. The zero-order chi connectivity index (χ0) is 104. The average Bonchev–Trinajstić information content (AvgIpc) is 1.66. The Morgan fingerprint density at radius 2 is 1.00 bits per heavy atom. The first-order valence-corrected chi connectivity index (χ1v) is 43.9. The lowest BCUT2D eigenvalue weighted by molar-refractivity contribution is -0.141. The average molecular weight is 1970 g/mol. The Kier molecular flexibility index (Phi) is 46.7. The smallest absolute Gasteiger partial charge is 0.267 e. The van der Waals surface area contributed by atoms with Crippen LogP contribution in [-0.2, 0) is 128 Å². The number of halogens is 1. The molecule has 0 bridgehead atoms. The number of nitrogens with two attached hydrogens (primary N) is 2. The molecule has 758 valence electrons. The molecule has 5 rings (SSSR count). The largest absolute Gasteiger partial charge is 0.391 e. The van der Waals surface area contributed by atoms with Crippen LogP contribution < -0.4 is 123 Å². The summed E-state index contributed by atoms with van der Waals surface area (Å²) in [5.41, 5.74) is 12.2. The van der Waals surface area contributed by atoms with E-state index in [1.807, 2.05) is 0 Å². The fourth-order valence-corrected chi connectivity index (χ4v) is 13.4. The second-order valence-electron chi connectivity index (χ2n) is 32.5. The van der Waals surface area contributed by atoms with Gasteiger partial charge in [0.1, 0.15) is 60.1 Å². The predicted molar refractivity (Wildman–Crippen MR) is 488 cm³/mol. The Labute approximate surface area is 800 Å². The van der Waals surface area contributed by atoms with Gasteiger partial charge in [-0.25, -0.2) is 0 Å². The molecule has 53 nitrogen and oxygen atoms in total. The molecule has 24 amide bonds. The number of likely N-dealkylation sites (tertiary alicyclic amines) is 2. The van der Waals surface area contributed by atoms with E-state index in [2.05, 4.69) is 130 Å². The zero-order valence-corrected chi connectivity index (χ0v) is 77.8. The Morgan fingerprint density at radius 1 is 0.511 bits per heavy atom. The van der Waals surface area contributed by atoms with Crippen molar-refractivity contribution >= 4 is 164 Å². The predicted octanol–water partition coefficient (Wildman–Crippen LogP) is -13.0. The van der Waals surface area contributed by atoms with Gasteiger partial charge in [0.05, 0.1) is 115 Å². The lowest BCUT2D eigenvalue weighted by Gasteiger charge is -2.26. The van der Waals surface area contributed by atoms with Gasteiger partial charge in [-0.2, -0.15) is 0 Å². The third-order valence-electron chi connectivity index (χ3n) is 20.6. The molecule has 3 aromatic rings. The minimum atomic E-state index is -1.96. The first-order chi connectivity index (χ1) is 65.6. The van der Waals surface area contributed by atoms with Crippen molar-refractivity contribution in [2.24, 2.45) is 23.3 Å². The van der Waals surface area contributed by atoms with Crippen molar-refractivity contribution in [3.8, 4) is 0 Å². The second kappa shape index (κ2) is 56.8. The highest BCUT2D eigenvalue weighted by Gasteiger charge is 2.47. The molecule has 12 unspecified atom stereocenters. The van der Waals surface area contributed by atoms with Crippen molar-refractivity contribution in [2.75, 3.05) is 91.6 Å². The first kappa shape index (κ1) is 114. The highest BCUT2D eigenvalue weighted by Crippen LogP contribution is 2.25. The number of aliphatic hydroxyl groups is 3. The van der Waals surface area contributed by atoms with Crippen LogP contribution in [0.1, 0.15) is 85.3 Å². The van der Waals surface area contributed by atoms with Gasteiger partial charge < -0.3 is 153 Å². The molecule has 54 heteroatoms. The van der Waals surface area contributed by atoms with Crippen LogP contribution in [0.4, 0.5) is 0 Å². The quantitative estimate of drug-likeness (QED) is 0.0233. The van der Waals surface area contributed by atoms with Gasteiger partial charge in [-0.1, -0.05) is 88.9 Å². The van der Waals surface area contributed by atoms with Crippen LogP contribution in [0.15, 0.2) is 91.6 Å². The number of benzene rings is 2. The van der Waals surface area contributed by atoms with E-state index in [1.54, 1.807) is 82.4 Å². The van der Waals surface area contributed by atoms with Crippen molar-refractivity contribution in [3.05, 3.63) is 108 Å². The molecule has 2 aliphatic heterocycles. The molecule has 0 saturated carbocycles. The second-order valence-corrected chi connectivity index (χ2v) is 32.9. The van der Waals surface area contributed by atoms with Gasteiger partial charge in [0.15, 0.2) is 0 Å². The van der Waals surface area contributed by atoms with Gasteiger partial charge in [0, 0.05) is 41.5 Å². The third-order valence-corrected chi connectivity index (χ3v) is 20.9. The topological polar surface area (TPSA) is 797 Å². The van der Waals surface area contributed by atoms with E-state index in [4.69, 9.17) is 23.1 Å². The number of hydrogen-bond donors (Lipinski definition) is 27. The number of fused-ring (bicyclic) bond motifs is 1.